The lowest BCUT2D eigenvalue weighted by molar-refractivity contribution is -0.135. The van der Waals surface area contributed by atoms with E-state index in [4.69, 9.17) is 10.7 Å². The molecule has 6 heteroatoms. The van der Waals surface area contributed by atoms with Crippen LogP contribution in [0.15, 0.2) is 5.38 Å². The Kier molecular flexibility index (Phi) is 5.81. The second-order valence-corrected chi connectivity index (χ2v) is 8.62. The summed E-state index contributed by atoms with van der Waals surface area (Å²) >= 11 is 1.74. The van der Waals surface area contributed by atoms with Crippen LogP contribution in [0.3, 0.4) is 0 Å². The fraction of sp³-hybridized carbons (Fsp3) is 0.765. The van der Waals surface area contributed by atoms with Gasteiger partial charge >= 0.3 is 0 Å². The molecule has 0 aromatic carbocycles. The quantitative estimate of drug-likeness (QED) is 0.913. The minimum Gasteiger partial charge on any atom is -0.339 e. The molecule has 1 saturated heterocycles. The van der Waals surface area contributed by atoms with Crippen molar-refractivity contribution in [2.45, 2.75) is 52.6 Å². The van der Waals surface area contributed by atoms with Crippen molar-refractivity contribution in [2.24, 2.45) is 11.7 Å². The zero-order chi connectivity index (χ0) is 17.2. The van der Waals surface area contributed by atoms with Gasteiger partial charge in [-0.2, -0.15) is 0 Å². The summed E-state index contributed by atoms with van der Waals surface area (Å²) in [4.78, 5) is 21.3. The SMILES string of the molecule is CC(C)[C@H](N)C(=O)N1CCN(Cc2csc(C(C)(C)C)n2)CC1. The number of thiazole rings is 1. The fourth-order valence-corrected chi connectivity index (χ4v) is 3.47. The molecule has 130 valence electrons. The first-order valence-electron chi connectivity index (χ1n) is 8.40. The molecule has 0 unspecified atom stereocenters. The largest absolute Gasteiger partial charge is 0.339 e. The first kappa shape index (κ1) is 18.4. The van der Waals surface area contributed by atoms with Crippen LogP contribution >= 0.6 is 11.3 Å². The summed E-state index contributed by atoms with van der Waals surface area (Å²) in [5.74, 6) is 0.273. The minimum absolute atomic E-state index is 0.0864. The van der Waals surface area contributed by atoms with E-state index in [1.807, 2.05) is 18.7 Å². The van der Waals surface area contributed by atoms with Crippen LogP contribution in [-0.4, -0.2) is 52.9 Å². The van der Waals surface area contributed by atoms with Gasteiger partial charge in [0.25, 0.3) is 0 Å². The molecular weight excluding hydrogens is 308 g/mol. The van der Waals surface area contributed by atoms with Gasteiger partial charge in [-0.25, -0.2) is 4.98 Å². The number of aromatic nitrogens is 1. The highest BCUT2D eigenvalue weighted by molar-refractivity contribution is 7.09. The molecule has 0 bridgehead atoms. The van der Waals surface area contributed by atoms with Crippen molar-refractivity contribution in [3.8, 4) is 0 Å². The van der Waals surface area contributed by atoms with Crippen molar-refractivity contribution in [1.82, 2.24) is 14.8 Å². The molecule has 0 spiro atoms. The van der Waals surface area contributed by atoms with Crippen LogP contribution < -0.4 is 5.73 Å². The Balaban J connectivity index is 1.85. The van der Waals surface area contributed by atoms with E-state index in [1.165, 1.54) is 5.01 Å². The lowest BCUT2D eigenvalue weighted by atomic mass is 9.98. The van der Waals surface area contributed by atoms with Gasteiger partial charge in [0.15, 0.2) is 0 Å². The zero-order valence-electron chi connectivity index (χ0n) is 15.0. The van der Waals surface area contributed by atoms with Crippen molar-refractivity contribution in [2.75, 3.05) is 26.2 Å². The third-order valence-corrected chi connectivity index (χ3v) is 5.58. The van der Waals surface area contributed by atoms with Crippen LogP contribution in [0.4, 0.5) is 0 Å². The van der Waals surface area contributed by atoms with Crippen molar-refractivity contribution in [1.29, 1.82) is 0 Å². The normalized spacial score (nSPS) is 18.5. The summed E-state index contributed by atoms with van der Waals surface area (Å²) in [7, 11) is 0. The summed E-state index contributed by atoms with van der Waals surface area (Å²) in [5.41, 5.74) is 7.23. The van der Waals surface area contributed by atoms with Crippen LogP contribution in [-0.2, 0) is 16.8 Å². The highest BCUT2D eigenvalue weighted by atomic mass is 32.1. The molecule has 5 nitrogen and oxygen atoms in total. The molecule has 0 radical (unpaired) electrons. The molecule has 1 aromatic heterocycles. The number of carbonyl (C=O) groups is 1. The van der Waals surface area contributed by atoms with Gasteiger partial charge in [-0.3, -0.25) is 9.69 Å². The van der Waals surface area contributed by atoms with E-state index in [1.54, 1.807) is 11.3 Å². The smallest absolute Gasteiger partial charge is 0.239 e. The predicted octanol–water partition coefficient (Wildman–Crippen LogP) is 2.07. The first-order chi connectivity index (χ1) is 10.7. The molecule has 2 N–H and O–H groups in total. The number of amides is 1. The van der Waals surface area contributed by atoms with Gasteiger partial charge in [0, 0.05) is 43.5 Å². The maximum Gasteiger partial charge on any atom is 0.239 e. The summed E-state index contributed by atoms with van der Waals surface area (Å²) in [6, 6.07) is -0.380. The van der Waals surface area contributed by atoms with E-state index < -0.39 is 0 Å². The fourth-order valence-electron chi connectivity index (χ4n) is 2.58. The average molecular weight is 339 g/mol. The number of nitrogens with two attached hydrogens (primary N) is 1. The van der Waals surface area contributed by atoms with Gasteiger partial charge in [0.1, 0.15) is 0 Å². The van der Waals surface area contributed by atoms with Gasteiger partial charge in [-0.15, -0.1) is 11.3 Å². The maximum absolute atomic E-state index is 12.3. The molecule has 1 amide bonds. The molecule has 2 heterocycles. The highest BCUT2D eigenvalue weighted by Crippen LogP contribution is 2.26. The Bertz CT molecular complexity index is 527. The Labute approximate surface area is 143 Å². The molecule has 1 aliphatic heterocycles. The van der Waals surface area contributed by atoms with E-state index in [0.717, 1.165) is 38.4 Å². The Morgan fingerprint density at radius 3 is 2.39 bits per heavy atom. The van der Waals surface area contributed by atoms with Crippen LogP contribution in [0.5, 0.6) is 0 Å². The summed E-state index contributed by atoms with van der Waals surface area (Å²) in [6.07, 6.45) is 0. The molecule has 1 fully saturated rings. The average Bonchev–Trinajstić information content (AvgIpc) is 2.95. The van der Waals surface area contributed by atoms with Crippen LogP contribution in [0.25, 0.3) is 0 Å². The van der Waals surface area contributed by atoms with Crippen molar-refractivity contribution >= 4 is 17.2 Å². The van der Waals surface area contributed by atoms with E-state index >= 15 is 0 Å². The maximum atomic E-state index is 12.3. The summed E-state index contributed by atoms with van der Waals surface area (Å²) in [6.45, 7) is 14.7. The summed E-state index contributed by atoms with van der Waals surface area (Å²) < 4.78 is 0. The van der Waals surface area contributed by atoms with Crippen LogP contribution in [0.1, 0.15) is 45.3 Å². The Hall–Kier alpha value is -0.980. The van der Waals surface area contributed by atoms with E-state index in [0.29, 0.717) is 0 Å². The third kappa shape index (κ3) is 4.75. The van der Waals surface area contributed by atoms with Crippen LogP contribution in [0.2, 0.25) is 0 Å². The summed E-state index contributed by atoms with van der Waals surface area (Å²) in [5, 5.41) is 3.34. The molecule has 1 aliphatic rings. The lowest BCUT2D eigenvalue weighted by Crippen LogP contribution is -2.54. The third-order valence-electron chi connectivity index (χ3n) is 4.27. The number of nitrogens with zero attached hydrogens (tertiary/aromatic N) is 3. The molecule has 0 saturated carbocycles. The predicted molar refractivity (Wildman–Crippen MR) is 95.5 cm³/mol. The second kappa shape index (κ2) is 7.28. The Morgan fingerprint density at radius 2 is 1.91 bits per heavy atom. The van der Waals surface area contributed by atoms with Gasteiger partial charge in [0.05, 0.1) is 16.7 Å². The minimum atomic E-state index is -0.380. The molecule has 0 aliphatic carbocycles. The van der Waals surface area contributed by atoms with Crippen molar-refractivity contribution in [3.63, 3.8) is 0 Å². The standard InChI is InChI=1S/C17H30N4OS/c1-12(2)14(18)15(22)21-8-6-20(7-9-21)10-13-11-23-16(19-13)17(3,4)5/h11-12,14H,6-10,18H2,1-5H3/t14-/m0/s1. The molecule has 1 atom stereocenters. The Morgan fingerprint density at radius 1 is 1.30 bits per heavy atom. The number of hydrogen-bond acceptors (Lipinski definition) is 5. The molecule has 1 aromatic rings. The first-order valence-corrected chi connectivity index (χ1v) is 9.28. The van der Waals surface area contributed by atoms with E-state index in [2.05, 4.69) is 31.1 Å². The number of piperazine rings is 1. The van der Waals surface area contributed by atoms with Crippen molar-refractivity contribution in [3.05, 3.63) is 16.1 Å². The van der Waals surface area contributed by atoms with E-state index in [-0.39, 0.29) is 23.3 Å². The molecular formula is C17H30N4OS. The van der Waals surface area contributed by atoms with Gasteiger partial charge in [0.2, 0.25) is 5.91 Å². The van der Waals surface area contributed by atoms with Gasteiger partial charge in [-0.1, -0.05) is 34.6 Å². The molecule has 2 rings (SSSR count). The topological polar surface area (TPSA) is 62.5 Å². The number of carbonyl (C=O) groups excluding carboxylic acids is 1. The highest BCUT2D eigenvalue weighted by Gasteiger charge is 2.27. The number of rotatable bonds is 4. The van der Waals surface area contributed by atoms with Crippen molar-refractivity contribution < 1.29 is 4.79 Å². The van der Waals surface area contributed by atoms with Gasteiger partial charge in [-0.05, 0) is 5.92 Å². The second-order valence-electron chi connectivity index (χ2n) is 7.77. The number of hydrogen-bond donors (Lipinski definition) is 1. The van der Waals surface area contributed by atoms with Crippen LogP contribution in [0, 0.1) is 5.92 Å². The zero-order valence-corrected chi connectivity index (χ0v) is 15.8. The molecule has 23 heavy (non-hydrogen) atoms. The monoisotopic (exact) mass is 338 g/mol. The van der Waals surface area contributed by atoms with Gasteiger partial charge < -0.3 is 10.6 Å². The van der Waals surface area contributed by atoms with E-state index in [9.17, 15) is 4.79 Å². The lowest BCUT2D eigenvalue weighted by Gasteiger charge is -2.36.